The summed E-state index contributed by atoms with van der Waals surface area (Å²) in [5.74, 6) is -0.955. The van der Waals surface area contributed by atoms with E-state index < -0.39 is 11.4 Å². The van der Waals surface area contributed by atoms with Crippen LogP contribution in [0.2, 0.25) is 0 Å². The first-order valence-corrected chi connectivity index (χ1v) is 3.72. The highest BCUT2D eigenvalue weighted by Crippen LogP contribution is 2.29. The van der Waals surface area contributed by atoms with Gasteiger partial charge in [0.15, 0.2) is 0 Å². The molecule has 0 aromatic heterocycles. The first kappa shape index (κ1) is 7.18. The average molecular weight is 169 g/mol. The molecular weight excluding hydrogens is 164 g/mol. The SMILES string of the molecule is O=C(O)[C@@H]1OC[C@H](Cl)S1. The number of halogens is 1. The van der Waals surface area contributed by atoms with E-state index in [1.807, 2.05) is 0 Å². The third-order valence-electron chi connectivity index (χ3n) is 0.852. The second-order valence-corrected chi connectivity index (χ2v) is 3.60. The molecule has 0 aromatic rings. The Morgan fingerprint density at radius 2 is 2.56 bits per heavy atom. The van der Waals surface area contributed by atoms with Crippen LogP contribution in [0.15, 0.2) is 0 Å². The van der Waals surface area contributed by atoms with Crippen LogP contribution in [-0.2, 0) is 9.53 Å². The molecular formula is C4H5ClO3S. The summed E-state index contributed by atoms with van der Waals surface area (Å²) in [5, 5.41) is 8.33. The van der Waals surface area contributed by atoms with Crippen LogP contribution in [0.25, 0.3) is 0 Å². The lowest BCUT2D eigenvalue weighted by Gasteiger charge is -1.98. The third kappa shape index (κ3) is 1.74. The van der Waals surface area contributed by atoms with Crippen LogP contribution in [0.1, 0.15) is 0 Å². The number of carbonyl (C=O) groups is 1. The second kappa shape index (κ2) is 2.77. The van der Waals surface area contributed by atoms with Crippen molar-refractivity contribution in [2.24, 2.45) is 0 Å². The van der Waals surface area contributed by atoms with E-state index in [0.29, 0.717) is 6.61 Å². The van der Waals surface area contributed by atoms with Gasteiger partial charge in [-0.25, -0.2) is 4.79 Å². The van der Waals surface area contributed by atoms with E-state index in [-0.39, 0.29) is 4.71 Å². The van der Waals surface area contributed by atoms with E-state index in [1.54, 1.807) is 0 Å². The Morgan fingerprint density at radius 3 is 2.78 bits per heavy atom. The predicted octanol–water partition coefficient (Wildman–Crippen LogP) is 0.725. The molecule has 1 aliphatic rings. The predicted molar refractivity (Wildman–Crippen MR) is 34.6 cm³/mol. The lowest BCUT2D eigenvalue weighted by atomic mass is 10.7. The van der Waals surface area contributed by atoms with E-state index in [9.17, 15) is 4.79 Å². The van der Waals surface area contributed by atoms with Crippen LogP contribution >= 0.6 is 23.4 Å². The molecule has 1 aliphatic heterocycles. The van der Waals surface area contributed by atoms with Crippen molar-refractivity contribution in [3.8, 4) is 0 Å². The molecule has 52 valence electrons. The maximum atomic E-state index is 10.1. The zero-order valence-corrected chi connectivity index (χ0v) is 5.98. The van der Waals surface area contributed by atoms with Crippen molar-refractivity contribution in [2.45, 2.75) is 10.1 Å². The van der Waals surface area contributed by atoms with Crippen molar-refractivity contribution in [3.05, 3.63) is 0 Å². The zero-order valence-electron chi connectivity index (χ0n) is 4.41. The quantitative estimate of drug-likeness (QED) is 0.587. The van der Waals surface area contributed by atoms with Crippen molar-refractivity contribution in [2.75, 3.05) is 6.61 Å². The highest BCUT2D eigenvalue weighted by Gasteiger charge is 2.29. The molecule has 0 saturated carbocycles. The Bertz CT molecular complexity index is 129. The average Bonchev–Trinajstić information content (AvgIpc) is 2.14. The molecule has 1 N–H and O–H groups in total. The minimum atomic E-state index is -0.955. The molecule has 0 unspecified atom stereocenters. The number of carboxylic acids is 1. The monoisotopic (exact) mass is 168 g/mol. The number of ether oxygens (including phenoxy) is 1. The van der Waals surface area contributed by atoms with Crippen LogP contribution in [-0.4, -0.2) is 27.8 Å². The van der Waals surface area contributed by atoms with Crippen molar-refractivity contribution < 1.29 is 14.6 Å². The molecule has 1 saturated heterocycles. The highest BCUT2D eigenvalue weighted by molar-refractivity contribution is 8.02. The summed E-state index contributed by atoms with van der Waals surface area (Å²) in [6, 6.07) is 0. The number of hydrogen-bond acceptors (Lipinski definition) is 3. The van der Waals surface area contributed by atoms with Gasteiger partial charge in [-0.3, -0.25) is 0 Å². The van der Waals surface area contributed by atoms with Gasteiger partial charge in [0.2, 0.25) is 5.44 Å². The highest BCUT2D eigenvalue weighted by atomic mass is 35.5. The van der Waals surface area contributed by atoms with Crippen LogP contribution in [0.3, 0.4) is 0 Å². The molecule has 1 heterocycles. The molecule has 0 bridgehead atoms. The molecule has 0 aromatic carbocycles. The fraction of sp³-hybridized carbons (Fsp3) is 0.750. The summed E-state index contributed by atoms with van der Waals surface area (Å²) in [5.41, 5.74) is -0.757. The first-order chi connectivity index (χ1) is 4.20. The van der Waals surface area contributed by atoms with Crippen LogP contribution in [0, 0.1) is 0 Å². The molecule has 0 aliphatic carbocycles. The van der Waals surface area contributed by atoms with Gasteiger partial charge >= 0.3 is 5.97 Å². The van der Waals surface area contributed by atoms with Crippen LogP contribution in [0.5, 0.6) is 0 Å². The fourth-order valence-electron chi connectivity index (χ4n) is 0.505. The standard InChI is InChI=1S/C4H5ClO3S/c5-2-1-8-4(9-2)3(6)7/h2,4H,1H2,(H,6,7)/t2-,4-/m1/s1. The number of hydrogen-bond donors (Lipinski definition) is 1. The Labute approximate surface area is 61.3 Å². The number of aliphatic carboxylic acids is 1. The van der Waals surface area contributed by atoms with Gasteiger partial charge in [0, 0.05) is 0 Å². The minimum Gasteiger partial charge on any atom is -0.479 e. The molecule has 9 heavy (non-hydrogen) atoms. The summed E-state index contributed by atoms with van der Waals surface area (Å²) >= 11 is 6.64. The van der Waals surface area contributed by atoms with Crippen molar-refractivity contribution in [1.82, 2.24) is 0 Å². The second-order valence-electron chi connectivity index (χ2n) is 1.55. The fourth-order valence-corrected chi connectivity index (χ4v) is 1.56. The number of alkyl halides is 1. The Hall–Kier alpha value is 0.0700. The van der Waals surface area contributed by atoms with Gasteiger partial charge in [0.1, 0.15) is 4.71 Å². The largest absolute Gasteiger partial charge is 0.479 e. The maximum absolute atomic E-state index is 10.1. The number of rotatable bonds is 1. The van der Waals surface area contributed by atoms with E-state index in [1.165, 1.54) is 0 Å². The zero-order chi connectivity index (χ0) is 6.85. The van der Waals surface area contributed by atoms with E-state index >= 15 is 0 Å². The summed E-state index contributed by atoms with van der Waals surface area (Å²) in [6.07, 6.45) is 0. The molecule has 0 spiro atoms. The molecule has 1 fully saturated rings. The van der Waals surface area contributed by atoms with Gasteiger partial charge in [-0.1, -0.05) is 11.8 Å². The van der Waals surface area contributed by atoms with Crippen LogP contribution in [0.4, 0.5) is 0 Å². The Kier molecular flexibility index (Phi) is 2.21. The molecule has 3 nitrogen and oxygen atoms in total. The lowest BCUT2D eigenvalue weighted by Crippen LogP contribution is -2.14. The van der Waals surface area contributed by atoms with Gasteiger partial charge < -0.3 is 9.84 Å². The van der Waals surface area contributed by atoms with Gasteiger partial charge in [-0.15, -0.1) is 11.6 Å². The van der Waals surface area contributed by atoms with Gasteiger partial charge in [-0.2, -0.15) is 0 Å². The van der Waals surface area contributed by atoms with Crippen molar-refractivity contribution in [1.29, 1.82) is 0 Å². The van der Waals surface area contributed by atoms with E-state index in [0.717, 1.165) is 11.8 Å². The number of thioether (sulfide) groups is 1. The van der Waals surface area contributed by atoms with Gasteiger partial charge in [0.25, 0.3) is 0 Å². The molecule has 1 rings (SSSR count). The lowest BCUT2D eigenvalue weighted by molar-refractivity contribution is -0.143. The Morgan fingerprint density at radius 1 is 1.89 bits per heavy atom. The molecule has 0 amide bonds. The summed E-state index contributed by atoms with van der Waals surface area (Å²) in [7, 11) is 0. The first-order valence-electron chi connectivity index (χ1n) is 2.34. The van der Waals surface area contributed by atoms with Crippen LogP contribution < -0.4 is 0 Å². The van der Waals surface area contributed by atoms with Crippen molar-refractivity contribution >= 4 is 29.3 Å². The third-order valence-corrected chi connectivity index (χ3v) is 2.30. The van der Waals surface area contributed by atoms with E-state index in [2.05, 4.69) is 0 Å². The normalized spacial score (nSPS) is 34.8. The van der Waals surface area contributed by atoms with E-state index in [4.69, 9.17) is 21.4 Å². The van der Waals surface area contributed by atoms with Crippen molar-refractivity contribution in [3.63, 3.8) is 0 Å². The molecule has 0 radical (unpaired) electrons. The topological polar surface area (TPSA) is 46.5 Å². The Balaban J connectivity index is 2.39. The summed E-state index contributed by atoms with van der Waals surface area (Å²) < 4.78 is 4.56. The molecule has 5 heteroatoms. The summed E-state index contributed by atoms with van der Waals surface area (Å²) in [6.45, 7) is 0.323. The summed E-state index contributed by atoms with van der Waals surface area (Å²) in [4.78, 5) is 10.1. The maximum Gasteiger partial charge on any atom is 0.343 e. The van der Waals surface area contributed by atoms with Gasteiger partial charge in [0.05, 0.1) is 6.61 Å². The molecule has 2 atom stereocenters. The minimum absolute atomic E-state index is 0.203. The van der Waals surface area contributed by atoms with Gasteiger partial charge in [-0.05, 0) is 0 Å². The smallest absolute Gasteiger partial charge is 0.343 e. The number of carboxylic acid groups (broad SMARTS) is 1.